The van der Waals surface area contributed by atoms with Gasteiger partial charge in [-0.15, -0.1) is 0 Å². The Bertz CT molecular complexity index is 268. The topological polar surface area (TPSA) is 0 Å². The molecule has 0 aromatic carbocycles. The van der Waals surface area contributed by atoms with Crippen LogP contribution < -0.4 is 0 Å². The van der Waals surface area contributed by atoms with Gasteiger partial charge in [-0.25, -0.2) is 0 Å². The molecule has 1 rings (SSSR count). The average molecular weight is 204 g/mol. The largest absolute Gasteiger partial charge is 0.0847 e. The Labute approximate surface area is 94.8 Å². The van der Waals surface area contributed by atoms with Crippen LogP contribution in [0.15, 0.2) is 34.9 Å². The van der Waals surface area contributed by atoms with E-state index in [1.54, 1.807) is 5.57 Å². The second-order valence-electron chi connectivity index (χ2n) is 4.47. The fourth-order valence-corrected chi connectivity index (χ4v) is 2.03. The van der Waals surface area contributed by atoms with Gasteiger partial charge < -0.3 is 0 Å². The Balaban J connectivity index is 2.70. The Morgan fingerprint density at radius 2 is 1.87 bits per heavy atom. The van der Waals surface area contributed by atoms with Gasteiger partial charge in [0.2, 0.25) is 0 Å². The van der Waals surface area contributed by atoms with Crippen molar-refractivity contribution in [2.24, 2.45) is 0 Å². The van der Waals surface area contributed by atoms with Crippen LogP contribution in [0, 0.1) is 0 Å². The number of rotatable bonds is 3. The third-order valence-electron chi connectivity index (χ3n) is 3.16. The van der Waals surface area contributed by atoms with Crippen LogP contribution in [0.2, 0.25) is 0 Å². The summed E-state index contributed by atoms with van der Waals surface area (Å²) in [6, 6.07) is 0. The minimum Gasteiger partial charge on any atom is -0.0847 e. The molecule has 0 N–H and O–H groups in total. The lowest BCUT2D eigenvalue weighted by Crippen LogP contribution is -1.94. The molecule has 0 amide bonds. The molecule has 1 aliphatic carbocycles. The van der Waals surface area contributed by atoms with Gasteiger partial charge in [-0.1, -0.05) is 42.7 Å². The van der Waals surface area contributed by atoms with Gasteiger partial charge in [0.25, 0.3) is 0 Å². The van der Waals surface area contributed by atoms with E-state index in [0.717, 1.165) is 6.42 Å². The summed E-state index contributed by atoms with van der Waals surface area (Å²) in [5.74, 6) is 0. The van der Waals surface area contributed by atoms with Gasteiger partial charge in [-0.2, -0.15) is 0 Å². The van der Waals surface area contributed by atoms with E-state index < -0.39 is 0 Å². The standard InChI is InChI=1S/C15H24/c1-4-13(3)11-14(5-2)12-15-9-7-6-8-10-15/h4,11-12H,5-10H2,1-3H3/b13-4+,14-11+. The molecule has 0 aromatic heterocycles. The van der Waals surface area contributed by atoms with Crippen LogP contribution >= 0.6 is 0 Å². The van der Waals surface area contributed by atoms with Gasteiger partial charge in [-0.05, 0) is 51.5 Å². The fraction of sp³-hybridized carbons (Fsp3) is 0.600. The lowest BCUT2D eigenvalue weighted by Gasteiger charge is -2.14. The van der Waals surface area contributed by atoms with Crippen LogP contribution in [0.3, 0.4) is 0 Å². The maximum atomic E-state index is 2.44. The van der Waals surface area contributed by atoms with Crippen LogP contribution in [0.1, 0.15) is 59.3 Å². The number of hydrogen-bond donors (Lipinski definition) is 0. The zero-order valence-electron chi connectivity index (χ0n) is 10.5. The van der Waals surface area contributed by atoms with Crippen LogP contribution in [0.4, 0.5) is 0 Å². The van der Waals surface area contributed by atoms with E-state index >= 15 is 0 Å². The first-order chi connectivity index (χ1) is 7.26. The Kier molecular flexibility index (Phi) is 5.45. The van der Waals surface area contributed by atoms with Crippen molar-refractivity contribution in [3.05, 3.63) is 34.9 Å². The van der Waals surface area contributed by atoms with E-state index in [-0.39, 0.29) is 0 Å². The van der Waals surface area contributed by atoms with Crippen molar-refractivity contribution >= 4 is 0 Å². The molecule has 0 atom stereocenters. The van der Waals surface area contributed by atoms with E-state index in [1.807, 2.05) is 0 Å². The summed E-state index contributed by atoms with van der Waals surface area (Å²) in [4.78, 5) is 0. The molecule has 0 aromatic rings. The van der Waals surface area contributed by atoms with E-state index in [1.165, 1.54) is 43.3 Å². The predicted octanol–water partition coefficient (Wildman–Crippen LogP) is 5.18. The van der Waals surface area contributed by atoms with Crippen molar-refractivity contribution in [3.63, 3.8) is 0 Å². The Hall–Kier alpha value is -0.780. The monoisotopic (exact) mass is 204 g/mol. The second-order valence-corrected chi connectivity index (χ2v) is 4.47. The van der Waals surface area contributed by atoms with Gasteiger partial charge in [0.05, 0.1) is 0 Å². The zero-order valence-corrected chi connectivity index (χ0v) is 10.5. The molecule has 15 heavy (non-hydrogen) atoms. The van der Waals surface area contributed by atoms with Crippen LogP contribution in [-0.2, 0) is 0 Å². The molecule has 0 spiro atoms. The highest BCUT2D eigenvalue weighted by Gasteiger charge is 2.05. The molecule has 0 saturated heterocycles. The van der Waals surface area contributed by atoms with Crippen molar-refractivity contribution in [1.82, 2.24) is 0 Å². The van der Waals surface area contributed by atoms with Crippen LogP contribution in [-0.4, -0.2) is 0 Å². The summed E-state index contributed by atoms with van der Waals surface area (Å²) in [7, 11) is 0. The normalized spacial score (nSPS) is 19.3. The minimum atomic E-state index is 1.15. The lowest BCUT2D eigenvalue weighted by atomic mass is 9.92. The van der Waals surface area contributed by atoms with Crippen molar-refractivity contribution in [3.8, 4) is 0 Å². The third-order valence-corrected chi connectivity index (χ3v) is 3.16. The quantitative estimate of drug-likeness (QED) is 0.556. The maximum Gasteiger partial charge on any atom is -0.0307 e. The molecule has 1 aliphatic rings. The van der Waals surface area contributed by atoms with Gasteiger partial charge in [0.15, 0.2) is 0 Å². The molecule has 1 fully saturated rings. The fourth-order valence-electron chi connectivity index (χ4n) is 2.03. The predicted molar refractivity (Wildman–Crippen MR) is 69.0 cm³/mol. The first-order valence-electron chi connectivity index (χ1n) is 6.29. The summed E-state index contributed by atoms with van der Waals surface area (Å²) in [6.45, 7) is 6.52. The maximum absolute atomic E-state index is 2.44. The van der Waals surface area contributed by atoms with Crippen LogP contribution in [0.5, 0.6) is 0 Å². The highest BCUT2D eigenvalue weighted by molar-refractivity contribution is 5.31. The highest BCUT2D eigenvalue weighted by Crippen LogP contribution is 2.24. The van der Waals surface area contributed by atoms with E-state index in [0.29, 0.717) is 0 Å². The molecule has 0 nitrogen and oxygen atoms in total. The van der Waals surface area contributed by atoms with Gasteiger partial charge in [0.1, 0.15) is 0 Å². The molecule has 0 aliphatic heterocycles. The molecule has 84 valence electrons. The summed E-state index contributed by atoms with van der Waals surface area (Å²) in [6.07, 6.45) is 14.9. The molecule has 0 bridgehead atoms. The van der Waals surface area contributed by atoms with Gasteiger partial charge in [-0.3, -0.25) is 0 Å². The van der Waals surface area contributed by atoms with Gasteiger partial charge >= 0.3 is 0 Å². The smallest absolute Gasteiger partial charge is 0.0307 e. The Morgan fingerprint density at radius 1 is 1.20 bits per heavy atom. The molecule has 0 radical (unpaired) electrons. The molecular weight excluding hydrogens is 180 g/mol. The minimum absolute atomic E-state index is 1.15. The van der Waals surface area contributed by atoms with E-state index in [4.69, 9.17) is 0 Å². The van der Waals surface area contributed by atoms with Crippen molar-refractivity contribution in [2.45, 2.75) is 59.3 Å². The van der Waals surface area contributed by atoms with Crippen LogP contribution in [0.25, 0.3) is 0 Å². The zero-order chi connectivity index (χ0) is 11.1. The average Bonchev–Trinajstić information content (AvgIpc) is 2.29. The first kappa shape index (κ1) is 12.3. The summed E-state index contributed by atoms with van der Waals surface area (Å²) in [5.41, 5.74) is 4.53. The summed E-state index contributed by atoms with van der Waals surface area (Å²) in [5, 5.41) is 0. The lowest BCUT2D eigenvalue weighted by molar-refractivity contribution is 0.598. The van der Waals surface area contributed by atoms with Crippen molar-refractivity contribution in [2.75, 3.05) is 0 Å². The van der Waals surface area contributed by atoms with Gasteiger partial charge in [0, 0.05) is 0 Å². The highest BCUT2D eigenvalue weighted by atomic mass is 14.1. The molecular formula is C15H24. The second kappa shape index (κ2) is 6.66. The number of hydrogen-bond acceptors (Lipinski definition) is 0. The van der Waals surface area contributed by atoms with Crippen molar-refractivity contribution in [1.29, 1.82) is 0 Å². The molecule has 0 heterocycles. The number of allylic oxidation sites excluding steroid dienone is 6. The van der Waals surface area contributed by atoms with E-state index in [2.05, 4.69) is 39.0 Å². The molecule has 0 heteroatoms. The summed E-state index contributed by atoms with van der Waals surface area (Å²) >= 11 is 0. The molecule has 0 unspecified atom stereocenters. The Morgan fingerprint density at radius 3 is 2.40 bits per heavy atom. The third kappa shape index (κ3) is 4.51. The molecule has 1 saturated carbocycles. The van der Waals surface area contributed by atoms with Crippen molar-refractivity contribution < 1.29 is 0 Å². The van der Waals surface area contributed by atoms with E-state index in [9.17, 15) is 0 Å². The SMILES string of the molecule is C/C=C(C)/C=C(/C=C1CCCCC1)CC. The summed E-state index contributed by atoms with van der Waals surface area (Å²) < 4.78 is 0. The first-order valence-corrected chi connectivity index (χ1v) is 6.29.